The zero-order valence-electron chi connectivity index (χ0n) is 14.0. The van der Waals surface area contributed by atoms with E-state index < -0.39 is 0 Å². The number of furan rings is 1. The van der Waals surface area contributed by atoms with Crippen molar-refractivity contribution in [2.24, 2.45) is 0 Å². The van der Waals surface area contributed by atoms with Gasteiger partial charge in [-0.05, 0) is 37.3 Å². The van der Waals surface area contributed by atoms with Crippen LogP contribution in [0.4, 0.5) is 0 Å². The molecule has 0 spiro atoms. The third-order valence-corrected chi connectivity index (χ3v) is 4.42. The van der Waals surface area contributed by atoms with Gasteiger partial charge in [0.1, 0.15) is 17.0 Å². The predicted octanol–water partition coefficient (Wildman–Crippen LogP) is 4.62. The first-order valence-corrected chi connectivity index (χ1v) is 8.59. The van der Waals surface area contributed by atoms with Crippen LogP contribution in [0.1, 0.15) is 24.4 Å². The number of nitrogens with zero attached hydrogens (tertiary/aromatic N) is 2. The predicted molar refractivity (Wildman–Crippen MR) is 102 cm³/mol. The Balaban J connectivity index is 1.50. The highest BCUT2D eigenvalue weighted by Crippen LogP contribution is 2.23. The Morgan fingerprint density at radius 2 is 2.08 bits per heavy atom. The fourth-order valence-corrected chi connectivity index (χ4v) is 3.08. The number of aromatic nitrogens is 2. The van der Waals surface area contributed by atoms with Crippen LogP contribution < -0.4 is 5.32 Å². The van der Waals surface area contributed by atoms with Crippen LogP contribution in [-0.2, 0) is 4.79 Å². The van der Waals surface area contributed by atoms with Crippen LogP contribution in [0.3, 0.4) is 0 Å². The van der Waals surface area contributed by atoms with E-state index in [9.17, 15) is 4.79 Å². The van der Waals surface area contributed by atoms with Gasteiger partial charge in [0, 0.05) is 17.7 Å². The number of para-hydroxylation sites is 1. The van der Waals surface area contributed by atoms with Gasteiger partial charge < -0.3 is 9.73 Å². The topological polar surface area (TPSA) is 59.5 Å². The Morgan fingerprint density at radius 1 is 1.27 bits per heavy atom. The zero-order valence-corrected chi connectivity index (χ0v) is 14.8. The second kappa shape index (κ2) is 6.69. The minimum Gasteiger partial charge on any atom is -0.459 e. The van der Waals surface area contributed by atoms with Crippen molar-refractivity contribution in [3.8, 4) is 0 Å². The third kappa shape index (κ3) is 3.09. The van der Waals surface area contributed by atoms with Gasteiger partial charge in [-0.1, -0.05) is 35.9 Å². The molecular weight excluding hydrogens is 350 g/mol. The van der Waals surface area contributed by atoms with Crippen LogP contribution in [0.5, 0.6) is 0 Å². The summed E-state index contributed by atoms with van der Waals surface area (Å²) in [4.78, 5) is 16.5. The molecule has 0 bridgehead atoms. The normalized spacial score (nSPS) is 12.8. The minimum absolute atomic E-state index is 0.236. The molecule has 1 aromatic carbocycles. The van der Waals surface area contributed by atoms with Crippen LogP contribution in [0, 0.1) is 0 Å². The lowest BCUT2D eigenvalue weighted by atomic mass is 10.2. The van der Waals surface area contributed by atoms with Crippen molar-refractivity contribution in [2.45, 2.75) is 13.0 Å². The van der Waals surface area contributed by atoms with Gasteiger partial charge in [0.25, 0.3) is 0 Å². The molecule has 0 saturated carbocycles. The van der Waals surface area contributed by atoms with E-state index in [0.717, 1.165) is 16.6 Å². The Hall–Kier alpha value is -3.05. The first-order chi connectivity index (χ1) is 12.6. The number of carbonyl (C=O) groups is 1. The van der Waals surface area contributed by atoms with Crippen LogP contribution in [0.15, 0.2) is 65.2 Å². The van der Waals surface area contributed by atoms with Crippen molar-refractivity contribution in [2.75, 3.05) is 0 Å². The van der Waals surface area contributed by atoms with Crippen molar-refractivity contribution in [1.29, 1.82) is 0 Å². The summed E-state index contributed by atoms with van der Waals surface area (Å²) in [7, 11) is 0. The zero-order chi connectivity index (χ0) is 18.1. The molecule has 6 heteroatoms. The number of hydrogen-bond donors (Lipinski definition) is 1. The van der Waals surface area contributed by atoms with E-state index in [1.54, 1.807) is 6.08 Å². The van der Waals surface area contributed by atoms with E-state index in [4.69, 9.17) is 16.0 Å². The number of benzene rings is 1. The lowest BCUT2D eigenvalue weighted by Crippen LogP contribution is -2.24. The van der Waals surface area contributed by atoms with Gasteiger partial charge in [-0.2, -0.15) is 0 Å². The molecule has 3 aromatic heterocycles. The molecule has 3 heterocycles. The summed E-state index contributed by atoms with van der Waals surface area (Å²) < 4.78 is 7.61. The van der Waals surface area contributed by atoms with E-state index in [1.807, 2.05) is 66.1 Å². The number of rotatable bonds is 4. The molecule has 4 rings (SSSR count). The number of fused-ring (bicyclic) bond motifs is 2. The van der Waals surface area contributed by atoms with Crippen LogP contribution >= 0.6 is 11.6 Å². The maximum Gasteiger partial charge on any atom is 0.244 e. The number of pyridine rings is 1. The van der Waals surface area contributed by atoms with E-state index >= 15 is 0 Å². The largest absolute Gasteiger partial charge is 0.459 e. The van der Waals surface area contributed by atoms with Crippen molar-refractivity contribution in [3.63, 3.8) is 0 Å². The number of halogens is 1. The average molecular weight is 366 g/mol. The fourth-order valence-electron chi connectivity index (χ4n) is 2.84. The smallest absolute Gasteiger partial charge is 0.244 e. The molecule has 0 unspecified atom stereocenters. The highest BCUT2D eigenvalue weighted by atomic mass is 35.5. The second-order valence-electron chi connectivity index (χ2n) is 5.97. The van der Waals surface area contributed by atoms with Gasteiger partial charge in [0.05, 0.1) is 11.7 Å². The lowest BCUT2D eigenvalue weighted by molar-refractivity contribution is -0.117. The summed E-state index contributed by atoms with van der Waals surface area (Å²) in [5.74, 6) is 0.473. The number of imidazole rings is 1. The Labute approximate surface area is 154 Å². The van der Waals surface area contributed by atoms with E-state index in [2.05, 4.69) is 10.3 Å². The Kier molecular flexibility index (Phi) is 4.22. The molecule has 4 aromatic rings. The maximum atomic E-state index is 12.3. The third-order valence-electron chi connectivity index (χ3n) is 4.14. The lowest BCUT2D eigenvalue weighted by Gasteiger charge is -2.09. The first kappa shape index (κ1) is 16.4. The quantitative estimate of drug-likeness (QED) is 0.536. The molecule has 1 amide bonds. The van der Waals surface area contributed by atoms with Crippen LogP contribution in [0.2, 0.25) is 5.15 Å². The SMILES string of the molecule is C[C@H](NC(=O)/C=C/c1c(Cl)nc2ccccn12)c1cc2ccccc2o1. The van der Waals surface area contributed by atoms with Crippen molar-refractivity contribution in [1.82, 2.24) is 14.7 Å². The second-order valence-corrected chi connectivity index (χ2v) is 6.32. The van der Waals surface area contributed by atoms with Gasteiger partial charge in [-0.25, -0.2) is 4.98 Å². The van der Waals surface area contributed by atoms with Gasteiger partial charge in [0.15, 0.2) is 5.15 Å². The van der Waals surface area contributed by atoms with Gasteiger partial charge in [0.2, 0.25) is 5.91 Å². The van der Waals surface area contributed by atoms with Gasteiger partial charge in [-0.3, -0.25) is 9.20 Å². The molecule has 0 aliphatic carbocycles. The molecule has 0 fully saturated rings. The number of hydrogen-bond acceptors (Lipinski definition) is 3. The Morgan fingerprint density at radius 3 is 2.92 bits per heavy atom. The molecule has 5 nitrogen and oxygen atoms in total. The number of amides is 1. The number of nitrogens with one attached hydrogen (secondary N) is 1. The van der Waals surface area contributed by atoms with Crippen molar-refractivity contribution < 1.29 is 9.21 Å². The molecule has 130 valence electrons. The molecular formula is C20H16ClN3O2. The molecule has 0 aliphatic rings. The van der Waals surface area contributed by atoms with Crippen molar-refractivity contribution >= 4 is 40.2 Å². The van der Waals surface area contributed by atoms with E-state index in [0.29, 0.717) is 16.6 Å². The summed E-state index contributed by atoms with van der Waals surface area (Å²) in [6.07, 6.45) is 4.95. The van der Waals surface area contributed by atoms with E-state index in [-0.39, 0.29) is 11.9 Å². The fraction of sp³-hybridized carbons (Fsp3) is 0.100. The minimum atomic E-state index is -0.253. The molecule has 1 N–H and O–H groups in total. The van der Waals surface area contributed by atoms with Gasteiger partial charge >= 0.3 is 0 Å². The summed E-state index contributed by atoms with van der Waals surface area (Å²) in [5.41, 5.74) is 2.19. The van der Waals surface area contributed by atoms with Gasteiger partial charge in [-0.15, -0.1) is 0 Å². The highest BCUT2D eigenvalue weighted by molar-refractivity contribution is 6.31. The summed E-state index contributed by atoms with van der Waals surface area (Å²) in [6, 6.07) is 15.0. The molecule has 1 atom stereocenters. The number of carbonyl (C=O) groups excluding carboxylic acids is 1. The van der Waals surface area contributed by atoms with E-state index in [1.165, 1.54) is 6.08 Å². The maximum absolute atomic E-state index is 12.3. The summed E-state index contributed by atoms with van der Waals surface area (Å²) in [5, 5.41) is 4.26. The summed E-state index contributed by atoms with van der Waals surface area (Å²) >= 11 is 6.17. The highest BCUT2D eigenvalue weighted by Gasteiger charge is 2.13. The standard InChI is InChI=1S/C20H16ClN3O2/c1-13(17-12-14-6-2-3-7-16(14)26-17)22-19(25)10-9-15-20(21)23-18-8-4-5-11-24(15)18/h2-13H,1H3,(H,22,25)/b10-9+/t13-/m0/s1. The molecule has 0 saturated heterocycles. The molecule has 0 radical (unpaired) electrons. The molecule has 0 aliphatic heterocycles. The van der Waals surface area contributed by atoms with Crippen LogP contribution in [0.25, 0.3) is 22.7 Å². The first-order valence-electron chi connectivity index (χ1n) is 8.21. The molecule has 26 heavy (non-hydrogen) atoms. The Bertz CT molecular complexity index is 1090. The average Bonchev–Trinajstić information content (AvgIpc) is 3.20. The monoisotopic (exact) mass is 365 g/mol. The summed E-state index contributed by atoms with van der Waals surface area (Å²) in [6.45, 7) is 1.88. The van der Waals surface area contributed by atoms with Crippen molar-refractivity contribution in [3.05, 3.63) is 77.4 Å². The van der Waals surface area contributed by atoms with Crippen LogP contribution in [-0.4, -0.2) is 15.3 Å².